The largest absolute Gasteiger partial charge is 0.478 e. The maximum atomic E-state index is 11.9. The molecule has 0 fully saturated rings. The molecule has 8 heteroatoms. The van der Waals surface area contributed by atoms with Crippen LogP contribution in [0.15, 0.2) is 18.2 Å². The minimum absolute atomic E-state index is 0.0393. The molecule has 122 valence electrons. The molecule has 0 saturated carbocycles. The highest BCUT2D eigenvalue weighted by molar-refractivity contribution is 5.96. The van der Waals surface area contributed by atoms with Crippen LogP contribution in [0.2, 0.25) is 0 Å². The van der Waals surface area contributed by atoms with E-state index in [9.17, 15) is 14.4 Å². The van der Waals surface area contributed by atoms with Crippen LogP contribution in [-0.2, 0) is 19.1 Å². The van der Waals surface area contributed by atoms with Crippen LogP contribution < -0.4 is 10.6 Å². The lowest BCUT2D eigenvalue weighted by Crippen LogP contribution is -2.27. The zero-order chi connectivity index (χ0) is 16.8. The van der Waals surface area contributed by atoms with Gasteiger partial charge in [0.1, 0.15) is 0 Å². The summed E-state index contributed by atoms with van der Waals surface area (Å²) >= 11 is 0. The Hall–Kier alpha value is -2.90. The Labute approximate surface area is 132 Å². The fraction of sp³-hybridized carbons (Fsp3) is 0.333. The van der Waals surface area contributed by atoms with Crippen molar-refractivity contribution in [3.05, 3.63) is 23.9 Å². The number of nitrogens with zero attached hydrogens (tertiary/aromatic N) is 1. The molecule has 8 nitrogen and oxygen atoms in total. The van der Waals surface area contributed by atoms with Crippen LogP contribution >= 0.6 is 0 Å². The molecule has 3 N–H and O–H groups in total. The highest BCUT2D eigenvalue weighted by Crippen LogP contribution is 2.25. The van der Waals surface area contributed by atoms with Gasteiger partial charge in [-0.15, -0.1) is 0 Å². The fourth-order valence-corrected chi connectivity index (χ4v) is 2.15. The van der Waals surface area contributed by atoms with Crippen molar-refractivity contribution in [2.24, 2.45) is 0 Å². The smallest absolute Gasteiger partial charge is 0.328 e. The number of carbonyl (C=O) groups is 3. The summed E-state index contributed by atoms with van der Waals surface area (Å²) in [5.74, 6) is -1.33. The molecule has 2 rings (SSSR count). The fourth-order valence-electron chi connectivity index (χ4n) is 2.15. The summed E-state index contributed by atoms with van der Waals surface area (Å²) in [6.45, 7) is 1.99. The summed E-state index contributed by atoms with van der Waals surface area (Å²) in [5.41, 5.74) is 0.901. The van der Waals surface area contributed by atoms with Gasteiger partial charge in [0, 0.05) is 18.5 Å². The van der Waals surface area contributed by atoms with Crippen molar-refractivity contribution in [3.63, 3.8) is 0 Å². The predicted molar refractivity (Wildman–Crippen MR) is 82.8 cm³/mol. The molecule has 1 aliphatic heterocycles. The number of ether oxygens (including phenoxy) is 1. The van der Waals surface area contributed by atoms with Gasteiger partial charge in [0.05, 0.1) is 24.4 Å². The van der Waals surface area contributed by atoms with Crippen LogP contribution in [0, 0.1) is 0 Å². The molecular formula is C15H17N3O5. The second-order valence-electron chi connectivity index (χ2n) is 4.91. The number of aromatic nitrogens is 1. The van der Waals surface area contributed by atoms with Gasteiger partial charge in [0.2, 0.25) is 5.91 Å². The second kappa shape index (κ2) is 7.39. The van der Waals surface area contributed by atoms with Crippen molar-refractivity contribution < 1.29 is 24.2 Å². The van der Waals surface area contributed by atoms with E-state index < -0.39 is 18.0 Å². The molecule has 0 aromatic carbocycles. The van der Waals surface area contributed by atoms with Crippen molar-refractivity contribution in [1.82, 2.24) is 4.98 Å². The molecule has 0 aliphatic carbocycles. The van der Waals surface area contributed by atoms with Gasteiger partial charge in [0.25, 0.3) is 0 Å². The monoisotopic (exact) mass is 319 g/mol. The maximum Gasteiger partial charge on any atom is 0.328 e. The van der Waals surface area contributed by atoms with Gasteiger partial charge < -0.3 is 20.5 Å². The number of anilines is 2. The number of pyridine rings is 1. The summed E-state index contributed by atoms with van der Waals surface area (Å²) < 4.78 is 4.89. The predicted octanol–water partition coefficient (Wildman–Crippen LogP) is 1.26. The van der Waals surface area contributed by atoms with Crippen LogP contribution in [0.25, 0.3) is 6.08 Å². The van der Waals surface area contributed by atoms with Crippen molar-refractivity contribution in [2.75, 3.05) is 17.2 Å². The Balaban J connectivity index is 2.20. The molecule has 23 heavy (non-hydrogen) atoms. The van der Waals surface area contributed by atoms with E-state index in [1.165, 1.54) is 6.08 Å². The topological polar surface area (TPSA) is 118 Å². The standard InChI is InChI=1S/C15H17N3O5/c1-2-23-14(22)8-10-7-12(19)18-11-5-3-9(4-6-13(20)21)16-15(11)17-10/h3-6,10H,2,7-8H2,1H3,(H,16,17)(H,18,19)(H,20,21)/b6-4+. The Morgan fingerprint density at radius 3 is 2.96 bits per heavy atom. The zero-order valence-corrected chi connectivity index (χ0v) is 12.5. The van der Waals surface area contributed by atoms with Gasteiger partial charge in [-0.1, -0.05) is 0 Å². The van der Waals surface area contributed by atoms with E-state index >= 15 is 0 Å². The van der Waals surface area contributed by atoms with Gasteiger partial charge >= 0.3 is 11.9 Å². The van der Waals surface area contributed by atoms with E-state index in [1.807, 2.05) is 0 Å². The van der Waals surface area contributed by atoms with E-state index in [0.717, 1.165) is 6.08 Å². The lowest BCUT2D eigenvalue weighted by Gasteiger charge is -2.15. The highest BCUT2D eigenvalue weighted by Gasteiger charge is 2.24. The Kier molecular flexibility index (Phi) is 5.29. The first-order valence-corrected chi connectivity index (χ1v) is 7.12. The molecule has 0 spiro atoms. The average molecular weight is 319 g/mol. The molecule has 1 aromatic rings. The molecule has 2 heterocycles. The number of aliphatic carboxylic acids is 1. The molecule has 1 amide bonds. The summed E-state index contributed by atoms with van der Waals surface area (Å²) in [7, 11) is 0. The van der Waals surface area contributed by atoms with E-state index in [0.29, 0.717) is 17.2 Å². The van der Waals surface area contributed by atoms with Crippen molar-refractivity contribution in [1.29, 1.82) is 0 Å². The number of nitrogens with one attached hydrogen (secondary N) is 2. The van der Waals surface area contributed by atoms with Crippen LogP contribution in [0.3, 0.4) is 0 Å². The van der Waals surface area contributed by atoms with Gasteiger partial charge in [-0.3, -0.25) is 9.59 Å². The molecule has 1 unspecified atom stereocenters. The first-order valence-electron chi connectivity index (χ1n) is 7.12. The Morgan fingerprint density at radius 2 is 2.26 bits per heavy atom. The number of hydrogen-bond donors (Lipinski definition) is 3. The molecule has 0 radical (unpaired) electrons. The lowest BCUT2D eigenvalue weighted by atomic mass is 10.1. The number of carboxylic acid groups (broad SMARTS) is 1. The van der Waals surface area contributed by atoms with Gasteiger partial charge in [0.15, 0.2) is 5.82 Å². The number of fused-ring (bicyclic) bond motifs is 1. The summed E-state index contributed by atoms with van der Waals surface area (Å²) in [6, 6.07) is 2.77. The van der Waals surface area contributed by atoms with Gasteiger partial charge in [-0.05, 0) is 25.1 Å². The number of rotatable bonds is 5. The van der Waals surface area contributed by atoms with Crippen LogP contribution in [0.5, 0.6) is 0 Å². The molecule has 1 aliphatic rings. The normalized spacial score (nSPS) is 16.9. The SMILES string of the molecule is CCOC(=O)CC1CC(=O)Nc2ccc(/C=C/C(=O)O)nc2N1. The third-order valence-electron chi connectivity index (χ3n) is 3.08. The third kappa shape index (κ3) is 4.80. The summed E-state index contributed by atoms with van der Waals surface area (Å²) in [6.07, 6.45) is 2.46. The average Bonchev–Trinajstić information content (AvgIpc) is 2.62. The second-order valence-corrected chi connectivity index (χ2v) is 4.91. The minimum atomic E-state index is -1.08. The van der Waals surface area contributed by atoms with E-state index in [1.54, 1.807) is 19.1 Å². The molecular weight excluding hydrogens is 302 g/mol. The number of hydrogen-bond acceptors (Lipinski definition) is 6. The van der Waals surface area contributed by atoms with E-state index in [4.69, 9.17) is 9.84 Å². The van der Waals surface area contributed by atoms with Crippen molar-refractivity contribution in [3.8, 4) is 0 Å². The summed E-state index contributed by atoms with van der Waals surface area (Å²) in [4.78, 5) is 38.3. The highest BCUT2D eigenvalue weighted by atomic mass is 16.5. The maximum absolute atomic E-state index is 11.9. The molecule has 1 aromatic heterocycles. The lowest BCUT2D eigenvalue weighted by molar-refractivity contribution is -0.143. The first-order chi connectivity index (χ1) is 11.0. The van der Waals surface area contributed by atoms with Gasteiger partial charge in [-0.25, -0.2) is 9.78 Å². The molecule has 0 saturated heterocycles. The number of amides is 1. The number of carbonyl (C=O) groups excluding carboxylic acids is 2. The third-order valence-corrected chi connectivity index (χ3v) is 3.08. The van der Waals surface area contributed by atoms with E-state index in [-0.39, 0.29) is 25.4 Å². The van der Waals surface area contributed by atoms with E-state index in [2.05, 4.69) is 15.6 Å². The van der Waals surface area contributed by atoms with Crippen LogP contribution in [0.1, 0.15) is 25.5 Å². The quantitative estimate of drug-likeness (QED) is 0.552. The minimum Gasteiger partial charge on any atom is -0.478 e. The van der Waals surface area contributed by atoms with Gasteiger partial charge in [-0.2, -0.15) is 0 Å². The van der Waals surface area contributed by atoms with Crippen LogP contribution in [0.4, 0.5) is 11.5 Å². The first kappa shape index (κ1) is 16.5. The molecule has 1 atom stereocenters. The Bertz CT molecular complexity index is 657. The summed E-state index contributed by atoms with van der Waals surface area (Å²) in [5, 5.41) is 14.4. The van der Waals surface area contributed by atoms with Crippen molar-refractivity contribution >= 4 is 35.4 Å². The number of carboxylic acids is 1. The number of esters is 1. The zero-order valence-electron chi connectivity index (χ0n) is 12.5. The van der Waals surface area contributed by atoms with Crippen molar-refractivity contribution in [2.45, 2.75) is 25.8 Å². The Morgan fingerprint density at radius 1 is 1.48 bits per heavy atom. The molecule has 0 bridgehead atoms. The van der Waals surface area contributed by atoms with Crippen LogP contribution in [-0.4, -0.2) is 40.6 Å².